The van der Waals surface area contributed by atoms with Gasteiger partial charge in [-0.05, 0) is 63.7 Å². The SMILES string of the molecule is Cc1nc2ccccn2c1CN1CCCC(CNC(=O)C2CCCN2)C1.Cl. The zero-order valence-corrected chi connectivity index (χ0v) is 16.8. The number of hydrogen-bond donors (Lipinski definition) is 2. The Morgan fingerprint density at radius 2 is 2.22 bits per heavy atom. The molecular weight excluding hydrogens is 362 g/mol. The van der Waals surface area contributed by atoms with Crippen LogP contribution in [0.15, 0.2) is 24.4 Å². The standard InChI is InChI=1S/C20H29N5O.ClH/c1-15-18(25-11-3-2-8-19(25)23-15)14-24-10-5-6-16(13-24)12-22-20(26)17-7-4-9-21-17;/h2-3,8,11,16-17,21H,4-7,9-10,12-14H2,1H3,(H,22,26);1H. The van der Waals surface area contributed by atoms with Gasteiger partial charge in [-0.3, -0.25) is 9.69 Å². The van der Waals surface area contributed by atoms with Crippen LogP contribution in [-0.4, -0.2) is 52.4 Å². The number of amides is 1. The largest absolute Gasteiger partial charge is 0.354 e. The predicted octanol–water partition coefficient (Wildman–Crippen LogP) is 2.14. The number of fused-ring (bicyclic) bond motifs is 1. The molecule has 4 rings (SSSR count). The fourth-order valence-electron chi connectivity index (χ4n) is 4.30. The molecule has 0 aromatic carbocycles. The van der Waals surface area contributed by atoms with Crippen molar-refractivity contribution in [3.63, 3.8) is 0 Å². The zero-order valence-electron chi connectivity index (χ0n) is 16.0. The van der Waals surface area contributed by atoms with Crippen LogP contribution >= 0.6 is 12.4 Å². The van der Waals surface area contributed by atoms with Crippen LogP contribution in [0.25, 0.3) is 5.65 Å². The molecule has 2 fully saturated rings. The summed E-state index contributed by atoms with van der Waals surface area (Å²) in [5.41, 5.74) is 3.41. The Morgan fingerprint density at radius 1 is 1.33 bits per heavy atom. The van der Waals surface area contributed by atoms with Crippen molar-refractivity contribution in [2.75, 3.05) is 26.2 Å². The van der Waals surface area contributed by atoms with Gasteiger partial charge >= 0.3 is 0 Å². The Kier molecular flexibility index (Phi) is 6.73. The summed E-state index contributed by atoms with van der Waals surface area (Å²) in [5.74, 6) is 0.714. The Labute approximate surface area is 167 Å². The van der Waals surface area contributed by atoms with Crippen LogP contribution < -0.4 is 10.6 Å². The molecule has 0 bridgehead atoms. The van der Waals surface area contributed by atoms with Gasteiger partial charge in [0, 0.05) is 25.8 Å². The molecule has 4 heterocycles. The number of nitrogens with zero attached hydrogens (tertiary/aromatic N) is 3. The molecule has 1 amide bonds. The van der Waals surface area contributed by atoms with Gasteiger partial charge in [-0.2, -0.15) is 0 Å². The van der Waals surface area contributed by atoms with Crippen molar-refractivity contribution in [1.29, 1.82) is 0 Å². The summed E-state index contributed by atoms with van der Waals surface area (Å²) in [6.07, 6.45) is 6.56. The first kappa shape index (κ1) is 20.1. The van der Waals surface area contributed by atoms with Crippen molar-refractivity contribution in [1.82, 2.24) is 24.9 Å². The molecule has 2 atom stereocenters. The predicted molar refractivity (Wildman–Crippen MR) is 109 cm³/mol. The van der Waals surface area contributed by atoms with Gasteiger partial charge in [-0.1, -0.05) is 6.07 Å². The normalized spacial score (nSPS) is 23.3. The lowest BCUT2D eigenvalue weighted by molar-refractivity contribution is -0.123. The van der Waals surface area contributed by atoms with Crippen LogP contribution in [-0.2, 0) is 11.3 Å². The molecule has 0 spiro atoms. The van der Waals surface area contributed by atoms with Gasteiger partial charge in [-0.15, -0.1) is 12.4 Å². The van der Waals surface area contributed by atoms with Gasteiger partial charge in [0.25, 0.3) is 0 Å². The van der Waals surface area contributed by atoms with Crippen LogP contribution in [0.5, 0.6) is 0 Å². The summed E-state index contributed by atoms with van der Waals surface area (Å²) in [4.78, 5) is 19.4. The molecule has 2 aromatic rings. The van der Waals surface area contributed by atoms with E-state index >= 15 is 0 Å². The third kappa shape index (κ3) is 4.62. The van der Waals surface area contributed by atoms with Crippen LogP contribution in [0.4, 0.5) is 0 Å². The van der Waals surface area contributed by atoms with Crippen LogP contribution in [0.1, 0.15) is 37.1 Å². The van der Waals surface area contributed by atoms with E-state index < -0.39 is 0 Å². The fraction of sp³-hybridized carbons (Fsp3) is 0.600. The first-order chi connectivity index (χ1) is 12.7. The number of hydrogen-bond acceptors (Lipinski definition) is 4. The smallest absolute Gasteiger partial charge is 0.237 e. The van der Waals surface area contributed by atoms with Crippen molar-refractivity contribution in [2.24, 2.45) is 5.92 Å². The van der Waals surface area contributed by atoms with Gasteiger partial charge in [-0.25, -0.2) is 4.98 Å². The second-order valence-electron chi connectivity index (χ2n) is 7.71. The number of carbonyl (C=O) groups excluding carboxylic acids is 1. The van der Waals surface area contributed by atoms with Crippen molar-refractivity contribution in [2.45, 2.75) is 45.2 Å². The second-order valence-corrected chi connectivity index (χ2v) is 7.71. The van der Waals surface area contributed by atoms with Crippen molar-refractivity contribution >= 4 is 24.0 Å². The lowest BCUT2D eigenvalue weighted by atomic mass is 9.97. The summed E-state index contributed by atoms with van der Waals surface area (Å²) in [6, 6.07) is 6.17. The van der Waals surface area contributed by atoms with E-state index in [1.807, 2.05) is 6.07 Å². The molecule has 0 saturated carbocycles. The Bertz CT molecular complexity index is 771. The maximum Gasteiger partial charge on any atom is 0.237 e. The van der Waals surface area contributed by atoms with Crippen LogP contribution in [0, 0.1) is 12.8 Å². The number of likely N-dealkylation sites (tertiary alicyclic amines) is 1. The first-order valence-corrected chi connectivity index (χ1v) is 9.87. The number of piperidine rings is 1. The van der Waals surface area contributed by atoms with Gasteiger partial charge in [0.05, 0.1) is 17.4 Å². The van der Waals surface area contributed by atoms with E-state index in [9.17, 15) is 4.79 Å². The Morgan fingerprint density at radius 3 is 3.04 bits per heavy atom. The van der Waals surface area contributed by atoms with Gasteiger partial charge in [0.1, 0.15) is 5.65 Å². The minimum absolute atomic E-state index is 0. The van der Waals surface area contributed by atoms with Gasteiger partial charge in [0.15, 0.2) is 0 Å². The molecule has 0 radical (unpaired) electrons. The zero-order chi connectivity index (χ0) is 17.9. The molecule has 2 N–H and O–H groups in total. The molecule has 2 aliphatic rings. The lowest BCUT2D eigenvalue weighted by Crippen LogP contribution is -2.45. The summed E-state index contributed by atoms with van der Waals surface area (Å²) in [5, 5.41) is 6.44. The number of aryl methyl sites for hydroxylation is 1. The molecule has 2 saturated heterocycles. The van der Waals surface area contributed by atoms with Crippen LogP contribution in [0.2, 0.25) is 0 Å². The minimum Gasteiger partial charge on any atom is -0.354 e. The van der Waals surface area contributed by atoms with E-state index in [1.54, 1.807) is 0 Å². The molecule has 2 aliphatic heterocycles. The van der Waals surface area contributed by atoms with Crippen molar-refractivity contribution in [3.05, 3.63) is 35.8 Å². The molecule has 7 heteroatoms. The number of halogens is 1. The Balaban J connectivity index is 0.00000210. The highest BCUT2D eigenvalue weighted by molar-refractivity contribution is 5.85. The number of pyridine rings is 1. The van der Waals surface area contributed by atoms with Crippen LogP contribution in [0.3, 0.4) is 0 Å². The van der Waals surface area contributed by atoms with E-state index in [-0.39, 0.29) is 24.4 Å². The highest BCUT2D eigenvalue weighted by atomic mass is 35.5. The van der Waals surface area contributed by atoms with Crippen molar-refractivity contribution in [3.8, 4) is 0 Å². The molecule has 148 valence electrons. The van der Waals surface area contributed by atoms with E-state index in [0.29, 0.717) is 5.92 Å². The molecule has 0 aliphatic carbocycles. The minimum atomic E-state index is 0. The number of aromatic nitrogens is 2. The van der Waals surface area contributed by atoms with E-state index in [2.05, 4.69) is 50.2 Å². The maximum absolute atomic E-state index is 12.2. The highest BCUT2D eigenvalue weighted by Crippen LogP contribution is 2.20. The highest BCUT2D eigenvalue weighted by Gasteiger charge is 2.25. The summed E-state index contributed by atoms with van der Waals surface area (Å²) in [7, 11) is 0. The lowest BCUT2D eigenvalue weighted by Gasteiger charge is -2.33. The Hall–Kier alpha value is -1.63. The number of carbonyl (C=O) groups is 1. The topological polar surface area (TPSA) is 61.7 Å². The molecule has 27 heavy (non-hydrogen) atoms. The van der Waals surface area contributed by atoms with Gasteiger partial charge in [0.2, 0.25) is 5.91 Å². The monoisotopic (exact) mass is 391 g/mol. The first-order valence-electron chi connectivity index (χ1n) is 9.87. The number of rotatable bonds is 5. The molecule has 6 nitrogen and oxygen atoms in total. The average molecular weight is 392 g/mol. The number of nitrogens with one attached hydrogen (secondary N) is 2. The van der Waals surface area contributed by atoms with Gasteiger partial charge < -0.3 is 15.0 Å². The molecule has 2 unspecified atom stereocenters. The molecule has 2 aromatic heterocycles. The number of imidazole rings is 1. The second kappa shape index (κ2) is 9.04. The van der Waals surface area contributed by atoms with E-state index in [4.69, 9.17) is 0 Å². The summed E-state index contributed by atoms with van der Waals surface area (Å²) in [6.45, 7) is 6.93. The van der Waals surface area contributed by atoms with E-state index in [0.717, 1.165) is 56.9 Å². The quantitative estimate of drug-likeness (QED) is 0.819. The maximum atomic E-state index is 12.2. The average Bonchev–Trinajstić information content (AvgIpc) is 3.29. The van der Waals surface area contributed by atoms with Crippen molar-refractivity contribution < 1.29 is 4.79 Å². The third-order valence-corrected chi connectivity index (χ3v) is 5.75. The van der Waals surface area contributed by atoms with E-state index in [1.165, 1.54) is 18.5 Å². The summed E-state index contributed by atoms with van der Waals surface area (Å²) >= 11 is 0. The molecular formula is C20H30ClN5O. The fourth-order valence-corrected chi connectivity index (χ4v) is 4.30. The summed E-state index contributed by atoms with van der Waals surface area (Å²) < 4.78 is 2.20. The third-order valence-electron chi connectivity index (χ3n) is 5.75.